The van der Waals surface area contributed by atoms with Gasteiger partial charge >= 0.3 is 0 Å². The van der Waals surface area contributed by atoms with Gasteiger partial charge in [-0.3, -0.25) is 9.00 Å². The number of rotatable bonds is 4. The number of halogens is 1. The maximum atomic E-state index is 13.9. The molecule has 7 heteroatoms. The Balaban J connectivity index is 1.80. The van der Waals surface area contributed by atoms with E-state index in [4.69, 9.17) is 0 Å². The summed E-state index contributed by atoms with van der Waals surface area (Å²) in [4.78, 5) is 12.4. The number of carbonyl (C=O) groups excluding carboxylic acids is 1. The summed E-state index contributed by atoms with van der Waals surface area (Å²) < 4.78 is 26.8. The molecule has 0 aliphatic heterocycles. The highest BCUT2D eigenvalue weighted by molar-refractivity contribution is 7.84. The lowest BCUT2D eigenvalue weighted by atomic mass is 10.2. The van der Waals surface area contributed by atoms with Crippen LogP contribution in [0.2, 0.25) is 0 Å². The monoisotopic (exact) mass is 357 g/mol. The standard InChI is InChI=1S/C18H16FN3O2S/c1-12-5-3-4-6-16(12)22-11-13(10-20-22)18(23)21-14-7-8-17(25(2)24)15(19)9-14/h3-11H,1-2H3,(H,21,23)/t25-/m0/s1. The Morgan fingerprint density at radius 1 is 1.24 bits per heavy atom. The number of amides is 1. The summed E-state index contributed by atoms with van der Waals surface area (Å²) in [6.07, 6.45) is 4.47. The Kier molecular flexibility index (Phi) is 4.76. The van der Waals surface area contributed by atoms with E-state index in [0.29, 0.717) is 11.3 Å². The molecule has 1 amide bonds. The molecule has 3 rings (SSSR count). The Labute approximate surface area is 146 Å². The lowest BCUT2D eigenvalue weighted by Gasteiger charge is -2.06. The Hall–Kier alpha value is -2.80. The Bertz CT molecular complexity index is 968. The van der Waals surface area contributed by atoms with Gasteiger partial charge in [-0.25, -0.2) is 9.07 Å². The summed E-state index contributed by atoms with van der Waals surface area (Å²) in [5.41, 5.74) is 2.55. The van der Waals surface area contributed by atoms with Crippen molar-refractivity contribution in [2.24, 2.45) is 0 Å². The summed E-state index contributed by atoms with van der Waals surface area (Å²) in [7, 11) is -1.42. The first-order valence-electron chi connectivity index (χ1n) is 7.50. The zero-order chi connectivity index (χ0) is 18.0. The van der Waals surface area contributed by atoms with E-state index in [0.717, 1.165) is 17.3 Å². The highest BCUT2D eigenvalue weighted by Gasteiger charge is 2.13. The maximum Gasteiger partial charge on any atom is 0.258 e. The number of nitrogens with one attached hydrogen (secondary N) is 1. The van der Waals surface area contributed by atoms with Crippen molar-refractivity contribution in [2.75, 3.05) is 11.6 Å². The van der Waals surface area contributed by atoms with Crippen molar-refractivity contribution in [3.63, 3.8) is 0 Å². The average Bonchev–Trinajstić information content (AvgIpc) is 3.05. The third-order valence-corrected chi connectivity index (χ3v) is 4.66. The van der Waals surface area contributed by atoms with E-state index in [1.165, 1.54) is 24.6 Å². The molecule has 5 nitrogen and oxygen atoms in total. The van der Waals surface area contributed by atoms with E-state index < -0.39 is 22.5 Å². The molecule has 1 N–H and O–H groups in total. The number of anilines is 1. The predicted octanol–water partition coefficient (Wildman–Crippen LogP) is 3.31. The van der Waals surface area contributed by atoms with Crippen molar-refractivity contribution in [1.29, 1.82) is 0 Å². The molecule has 1 atom stereocenters. The summed E-state index contributed by atoms with van der Waals surface area (Å²) in [6.45, 7) is 1.96. The van der Waals surface area contributed by atoms with E-state index in [9.17, 15) is 13.4 Å². The highest BCUT2D eigenvalue weighted by Crippen LogP contribution is 2.18. The fourth-order valence-corrected chi connectivity index (χ4v) is 3.00. The topological polar surface area (TPSA) is 64.0 Å². The largest absolute Gasteiger partial charge is 0.322 e. The first-order valence-corrected chi connectivity index (χ1v) is 9.06. The van der Waals surface area contributed by atoms with Crippen LogP contribution in [-0.2, 0) is 10.8 Å². The molecule has 0 aliphatic carbocycles. The second-order valence-electron chi connectivity index (χ2n) is 5.51. The molecule has 0 fully saturated rings. The molecule has 2 aromatic carbocycles. The van der Waals surface area contributed by atoms with Crippen LogP contribution in [0.25, 0.3) is 5.69 Å². The first-order chi connectivity index (χ1) is 12.0. The number of para-hydroxylation sites is 1. The second-order valence-corrected chi connectivity index (χ2v) is 6.86. The lowest BCUT2D eigenvalue weighted by Crippen LogP contribution is -2.11. The van der Waals surface area contributed by atoms with Gasteiger partial charge in [0.15, 0.2) is 0 Å². The number of aromatic nitrogens is 2. The number of aryl methyl sites for hydroxylation is 1. The van der Waals surface area contributed by atoms with Gasteiger partial charge in [-0.15, -0.1) is 0 Å². The molecule has 0 saturated heterocycles. The number of hydrogen-bond acceptors (Lipinski definition) is 3. The second kappa shape index (κ2) is 6.98. The number of benzene rings is 2. The van der Waals surface area contributed by atoms with Crippen LogP contribution in [-0.4, -0.2) is 26.2 Å². The minimum Gasteiger partial charge on any atom is -0.322 e. The number of hydrogen-bond donors (Lipinski definition) is 1. The molecule has 0 radical (unpaired) electrons. The third-order valence-electron chi connectivity index (χ3n) is 3.71. The van der Waals surface area contributed by atoms with Gasteiger partial charge in [0.2, 0.25) is 0 Å². The van der Waals surface area contributed by atoms with Crippen molar-refractivity contribution < 1.29 is 13.4 Å². The van der Waals surface area contributed by atoms with Gasteiger partial charge in [0.05, 0.1) is 33.1 Å². The summed E-state index contributed by atoms with van der Waals surface area (Å²) in [6, 6.07) is 11.8. The van der Waals surface area contributed by atoms with Crippen LogP contribution in [0.5, 0.6) is 0 Å². The smallest absolute Gasteiger partial charge is 0.258 e. The molecule has 128 valence electrons. The summed E-state index contributed by atoms with van der Waals surface area (Å²) in [5.74, 6) is -1.01. The number of nitrogens with zero attached hydrogens (tertiary/aromatic N) is 2. The Morgan fingerprint density at radius 3 is 2.68 bits per heavy atom. The maximum absolute atomic E-state index is 13.9. The van der Waals surface area contributed by atoms with Crippen LogP contribution >= 0.6 is 0 Å². The first kappa shape index (κ1) is 17.0. The van der Waals surface area contributed by atoms with Gasteiger partial charge in [0.1, 0.15) is 5.82 Å². The van der Waals surface area contributed by atoms with Crippen LogP contribution in [0.3, 0.4) is 0 Å². The zero-order valence-electron chi connectivity index (χ0n) is 13.7. The van der Waals surface area contributed by atoms with Crippen LogP contribution < -0.4 is 5.32 Å². The van der Waals surface area contributed by atoms with Crippen molar-refractivity contribution in [3.05, 3.63) is 71.8 Å². The van der Waals surface area contributed by atoms with Crippen LogP contribution in [0, 0.1) is 12.7 Å². The average molecular weight is 357 g/mol. The minimum absolute atomic E-state index is 0.102. The predicted molar refractivity (Wildman–Crippen MR) is 95.0 cm³/mol. The minimum atomic E-state index is -1.42. The van der Waals surface area contributed by atoms with Crippen LogP contribution in [0.4, 0.5) is 10.1 Å². The Morgan fingerprint density at radius 2 is 2.00 bits per heavy atom. The van der Waals surface area contributed by atoms with Crippen molar-refractivity contribution in [2.45, 2.75) is 11.8 Å². The summed E-state index contributed by atoms with van der Waals surface area (Å²) >= 11 is 0. The third kappa shape index (κ3) is 3.66. The molecule has 0 bridgehead atoms. The normalized spacial score (nSPS) is 12.0. The van der Waals surface area contributed by atoms with E-state index in [2.05, 4.69) is 10.4 Å². The van der Waals surface area contributed by atoms with Gasteiger partial charge in [0, 0.05) is 18.1 Å². The molecule has 0 aliphatic rings. The highest BCUT2D eigenvalue weighted by atomic mass is 32.2. The molecule has 1 aromatic heterocycles. The summed E-state index contributed by atoms with van der Waals surface area (Å²) in [5, 5.41) is 6.82. The van der Waals surface area contributed by atoms with E-state index >= 15 is 0 Å². The van der Waals surface area contributed by atoms with Gasteiger partial charge in [0.25, 0.3) is 5.91 Å². The van der Waals surface area contributed by atoms with Gasteiger partial charge in [-0.05, 0) is 36.8 Å². The molecule has 1 heterocycles. The van der Waals surface area contributed by atoms with Crippen LogP contribution in [0.1, 0.15) is 15.9 Å². The molecule has 3 aromatic rings. The SMILES string of the molecule is Cc1ccccc1-n1cc(C(=O)Nc2ccc([S@](C)=O)c(F)c2)cn1. The molecule has 0 saturated carbocycles. The van der Waals surface area contributed by atoms with Crippen molar-refractivity contribution in [3.8, 4) is 5.69 Å². The number of carbonyl (C=O) groups is 1. The molecule has 0 unspecified atom stereocenters. The quantitative estimate of drug-likeness (QED) is 0.779. The van der Waals surface area contributed by atoms with Crippen molar-refractivity contribution in [1.82, 2.24) is 9.78 Å². The van der Waals surface area contributed by atoms with Crippen molar-refractivity contribution >= 4 is 22.4 Å². The molecule has 25 heavy (non-hydrogen) atoms. The zero-order valence-corrected chi connectivity index (χ0v) is 14.5. The van der Waals surface area contributed by atoms with Gasteiger partial charge < -0.3 is 5.32 Å². The molecule has 0 spiro atoms. The van der Waals surface area contributed by atoms with E-state index in [1.54, 1.807) is 10.9 Å². The van der Waals surface area contributed by atoms with Crippen LogP contribution in [0.15, 0.2) is 59.8 Å². The van der Waals surface area contributed by atoms with E-state index in [1.807, 2.05) is 31.2 Å². The lowest BCUT2D eigenvalue weighted by molar-refractivity contribution is 0.102. The fraction of sp³-hybridized carbons (Fsp3) is 0.111. The molecular formula is C18H16FN3O2S. The van der Waals surface area contributed by atoms with Gasteiger partial charge in [-0.2, -0.15) is 5.10 Å². The van der Waals surface area contributed by atoms with E-state index in [-0.39, 0.29) is 4.90 Å². The fourth-order valence-electron chi connectivity index (χ4n) is 2.41. The molecular weight excluding hydrogens is 341 g/mol. The van der Waals surface area contributed by atoms with Gasteiger partial charge in [-0.1, -0.05) is 18.2 Å².